The van der Waals surface area contributed by atoms with Gasteiger partial charge in [0, 0.05) is 18.9 Å². The van der Waals surface area contributed by atoms with E-state index in [0.717, 1.165) is 32.1 Å². The van der Waals surface area contributed by atoms with Gasteiger partial charge >= 0.3 is 5.97 Å². The zero-order valence-electron chi connectivity index (χ0n) is 11.6. The van der Waals surface area contributed by atoms with Crippen LogP contribution in [0.1, 0.15) is 51.4 Å². The van der Waals surface area contributed by atoms with Gasteiger partial charge in [-0.25, -0.2) is 0 Å². The van der Waals surface area contributed by atoms with Gasteiger partial charge < -0.3 is 16.2 Å². The summed E-state index contributed by atoms with van der Waals surface area (Å²) in [6.07, 6.45) is 6.90. The summed E-state index contributed by atoms with van der Waals surface area (Å²) in [5, 5.41) is 11.5. The second-order valence-electron chi connectivity index (χ2n) is 5.38. The molecule has 0 heterocycles. The number of carboxylic acids is 1. The van der Waals surface area contributed by atoms with E-state index >= 15 is 0 Å². The van der Waals surface area contributed by atoms with Crippen molar-refractivity contribution in [3.8, 4) is 0 Å². The van der Waals surface area contributed by atoms with Gasteiger partial charge in [0.25, 0.3) is 0 Å². The number of nitrogens with one attached hydrogen (secondary N) is 1. The first-order valence-corrected chi connectivity index (χ1v) is 7.34. The second kappa shape index (κ2) is 8.91. The van der Waals surface area contributed by atoms with Gasteiger partial charge in [0.1, 0.15) is 0 Å². The van der Waals surface area contributed by atoms with E-state index in [1.165, 1.54) is 6.42 Å². The zero-order chi connectivity index (χ0) is 14.1. The summed E-state index contributed by atoms with van der Waals surface area (Å²) >= 11 is 0. The number of aliphatic carboxylic acids is 1. The summed E-state index contributed by atoms with van der Waals surface area (Å²) < 4.78 is 0. The summed E-state index contributed by atoms with van der Waals surface area (Å²) in [7, 11) is 0. The fourth-order valence-electron chi connectivity index (χ4n) is 2.76. The predicted octanol–water partition coefficient (Wildman–Crippen LogP) is 1.51. The third kappa shape index (κ3) is 6.05. The Balaban J connectivity index is 2.14. The van der Waals surface area contributed by atoms with E-state index in [2.05, 4.69) is 5.32 Å². The third-order valence-corrected chi connectivity index (χ3v) is 3.92. The molecule has 2 unspecified atom stereocenters. The van der Waals surface area contributed by atoms with Gasteiger partial charge in [0.05, 0.1) is 0 Å². The molecule has 0 radical (unpaired) electrons. The van der Waals surface area contributed by atoms with Crippen molar-refractivity contribution in [2.75, 3.05) is 13.1 Å². The van der Waals surface area contributed by atoms with Crippen LogP contribution in [0.15, 0.2) is 0 Å². The average molecular weight is 270 g/mol. The molecule has 0 aromatic heterocycles. The van der Waals surface area contributed by atoms with E-state index in [4.69, 9.17) is 10.8 Å². The molecule has 19 heavy (non-hydrogen) atoms. The number of carbonyl (C=O) groups excluding carboxylic acids is 1. The summed E-state index contributed by atoms with van der Waals surface area (Å²) in [5.41, 5.74) is 5.72. The Morgan fingerprint density at radius 2 is 1.89 bits per heavy atom. The number of carbonyl (C=O) groups is 2. The first kappa shape index (κ1) is 16.0. The Morgan fingerprint density at radius 1 is 1.16 bits per heavy atom. The maximum absolute atomic E-state index is 12.0. The normalized spacial score (nSPS) is 23.0. The van der Waals surface area contributed by atoms with Crippen LogP contribution in [0.4, 0.5) is 0 Å². The number of hydrogen-bond donors (Lipinski definition) is 3. The average Bonchev–Trinajstić information content (AvgIpc) is 2.42. The van der Waals surface area contributed by atoms with Crippen molar-refractivity contribution in [1.29, 1.82) is 0 Å². The van der Waals surface area contributed by atoms with Crippen molar-refractivity contribution in [2.45, 2.75) is 51.4 Å². The molecular weight excluding hydrogens is 244 g/mol. The molecule has 0 spiro atoms. The lowest BCUT2D eigenvalue weighted by atomic mass is 9.79. The zero-order valence-corrected chi connectivity index (χ0v) is 11.6. The Kier molecular flexibility index (Phi) is 7.48. The highest BCUT2D eigenvalue weighted by Gasteiger charge is 2.29. The van der Waals surface area contributed by atoms with Gasteiger partial charge in [-0.3, -0.25) is 9.59 Å². The molecule has 1 aliphatic carbocycles. The summed E-state index contributed by atoms with van der Waals surface area (Å²) in [5.74, 6) is -0.205. The molecule has 0 aromatic carbocycles. The summed E-state index contributed by atoms with van der Waals surface area (Å²) in [4.78, 5) is 22.4. The Morgan fingerprint density at radius 3 is 2.58 bits per heavy atom. The van der Waals surface area contributed by atoms with Crippen molar-refractivity contribution in [1.82, 2.24) is 5.32 Å². The molecule has 0 bridgehead atoms. The molecule has 0 aliphatic heterocycles. The number of nitrogens with two attached hydrogens (primary N) is 1. The van der Waals surface area contributed by atoms with Crippen molar-refractivity contribution < 1.29 is 14.7 Å². The van der Waals surface area contributed by atoms with Crippen LogP contribution in [-0.2, 0) is 9.59 Å². The Labute approximate surface area is 114 Å². The largest absolute Gasteiger partial charge is 0.481 e. The fourth-order valence-corrected chi connectivity index (χ4v) is 2.76. The quantitative estimate of drug-likeness (QED) is 0.583. The van der Waals surface area contributed by atoms with Gasteiger partial charge in [0.2, 0.25) is 5.91 Å². The summed E-state index contributed by atoms with van der Waals surface area (Å²) in [6.45, 7) is 1.24. The smallest absolute Gasteiger partial charge is 0.303 e. The predicted molar refractivity (Wildman–Crippen MR) is 73.6 cm³/mol. The monoisotopic (exact) mass is 270 g/mol. The third-order valence-electron chi connectivity index (χ3n) is 3.92. The van der Waals surface area contributed by atoms with E-state index < -0.39 is 5.97 Å². The topological polar surface area (TPSA) is 92.4 Å². The van der Waals surface area contributed by atoms with Crippen LogP contribution in [0, 0.1) is 11.8 Å². The lowest BCUT2D eigenvalue weighted by Gasteiger charge is -2.29. The number of amides is 1. The molecule has 0 aromatic rings. The Bertz CT molecular complexity index is 294. The van der Waals surface area contributed by atoms with Gasteiger partial charge in [-0.2, -0.15) is 0 Å². The molecule has 5 nitrogen and oxygen atoms in total. The molecule has 2 atom stereocenters. The SMILES string of the molecule is NCC1CCCCC1C(=O)NCCCCCC(=O)O. The first-order valence-electron chi connectivity index (χ1n) is 7.34. The highest BCUT2D eigenvalue weighted by molar-refractivity contribution is 5.79. The molecule has 1 rings (SSSR count). The van der Waals surface area contributed by atoms with E-state index in [0.29, 0.717) is 25.4 Å². The molecular formula is C14H26N2O3. The molecule has 1 aliphatic rings. The van der Waals surface area contributed by atoms with E-state index in [1.54, 1.807) is 0 Å². The van der Waals surface area contributed by atoms with E-state index in [-0.39, 0.29) is 18.2 Å². The molecule has 1 fully saturated rings. The van der Waals surface area contributed by atoms with Crippen molar-refractivity contribution in [3.63, 3.8) is 0 Å². The van der Waals surface area contributed by atoms with Crippen LogP contribution in [0.25, 0.3) is 0 Å². The highest BCUT2D eigenvalue weighted by atomic mass is 16.4. The van der Waals surface area contributed by atoms with Crippen LogP contribution >= 0.6 is 0 Å². The number of carboxylic acid groups (broad SMARTS) is 1. The molecule has 110 valence electrons. The standard InChI is InChI=1S/C14H26N2O3/c15-10-11-6-3-4-7-12(11)14(19)16-9-5-1-2-8-13(17)18/h11-12H,1-10,15H2,(H,16,19)(H,17,18). The van der Waals surface area contributed by atoms with Crippen LogP contribution in [0.5, 0.6) is 0 Å². The van der Waals surface area contributed by atoms with Crippen LogP contribution in [0.3, 0.4) is 0 Å². The second-order valence-corrected chi connectivity index (χ2v) is 5.38. The van der Waals surface area contributed by atoms with Gasteiger partial charge in [-0.05, 0) is 38.1 Å². The van der Waals surface area contributed by atoms with Crippen molar-refractivity contribution in [2.24, 2.45) is 17.6 Å². The van der Waals surface area contributed by atoms with Gasteiger partial charge in [-0.1, -0.05) is 19.3 Å². The van der Waals surface area contributed by atoms with E-state index in [9.17, 15) is 9.59 Å². The molecule has 0 saturated heterocycles. The Hall–Kier alpha value is -1.10. The van der Waals surface area contributed by atoms with Gasteiger partial charge in [0.15, 0.2) is 0 Å². The molecule has 4 N–H and O–H groups in total. The number of rotatable bonds is 8. The van der Waals surface area contributed by atoms with E-state index in [1.807, 2.05) is 0 Å². The summed E-state index contributed by atoms with van der Waals surface area (Å²) in [6, 6.07) is 0. The van der Waals surface area contributed by atoms with Crippen LogP contribution in [-0.4, -0.2) is 30.1 Å². The molecule has 1 saturated carbocycles. The maximum Gasteiger partial charge on any atom is 0.303 e. The molecule has 5 heteroatoms. The fraction of sp³-hybridized carbons (Fsp3) is 0.857. The van der Waals surface area contributed by atoms with Crippen molar-refractivity contribution in [3.05, 3.63) is 0 Å². The molecule has 1 amide bonds. The minimum atomic E-state index is -0.753. The van der Waals surface area contributed by atoms with Crippen molar-refractivity contribution >= 4 is 11.9 Å². The van der Waals surface area contributed by atoms with Gasteiger partial charge in [-0.15, -0.1) is 0 Å². The number of hydrogen-bond acceptors (Lipinski definition) is 3. The lowest BCUT2D eigenvalue weighted by Crippen LogP contribution is -2.39. The van der Waals surface area contributed by atoms with Crippen LogP contribution < -0.4 is 11.1 Å². The number of unbranched alkanes of at least 4 members (excludes halogenated alkanes) is 2. The lowest BCUT2D eigenvalue weighted by molar-refractivity contribution is -0.137. The maximum atomic E-state index is 12.0. The highest BCUT2D eigenvalue weighted by Crippen LogP contribution is 2.29. The van der Waals surface area contributed by atoms with Crippen LogP contribution in [0.2, 0.25) is 0 Å². The minimum absolute atomic E-state index is 0.0813. The first-order chi connectivity index (χ1) is 9.15. The minimum Gasteiger partial charge on any atom is -0.481 e.